The first kappa shape index (κ1) is 96.4. The van der Waals surface area contributed by atoms with Gasteiger partial charge in [-0.2, -0.15) is 0 Å². The predicted octanol–water partition coefficient (Wildman–Crippen LogP) is 35.0. The Morgan fingerprint density at radius 1 is 0.390 bits per heavy atom. The van der Waals surface area contributed by atoms with Gasteiger partial charge in [0.05, 0.1) is 83.1 Å². The highest BCUT2D eigenvalue weighted by molar-refractivity contribution is 7.30. The van der Waals surface area contributed by atoms with Gasteiger partial charge in [-0.15, -0.1) is 45.3 Å². The van der Waals surface area contributed by atoms with Gasteiger partial charge in [-0.1, -0.05) is 303 Å². The minimum atomic E-state index is -1.04. The van der Waals surface area contributed by atoms with Crippen molar-refractivity contribution in [1.29, 1.82) is 10.5 Å². The summed E-state index contributed by atoms with van der Waals surface area (Å²) in [6.07, 6.45) is 34.6. The number of carbonyl (C=O) groups is 2. The van der Waals surface area contributed by atoms with Crippen molar-refractivity contribution >= 4 is 123 Å². The molecular formula is C120H122N4O6S6. The van der Waals surface area contributed by atoms with Crippen molar-refractivity contribution in [2.24, 2.45) is 11.8 Å². The highest BCUT2D eigenvalue weighted by atomic mass is 32.1. The zero-order valence-electron chi connectivity index (χ0n) is 80.4. The van der Waals surface area contributed by atoms with Crippen LogP contribution in [0.1, 0.15) is 318 Å². The molecule has 6 heterocycles. The summed E-state index contributed by atoms with van der Waals surface area (Å²) in [7, 11) is 3.17. The van der Waals surface area contributed by atoms with E-state index in [9.17, 15) is 10.5 Å². The smallest absolute Gasteiger partial charge is 0.270 e. The van der Waals surface area contributed by atoms with Crippen LogP contribution in [0.2, 0.25) is 0 Å². The Kier molecular flexibility index (Phi) is 30.9. The molecule has 136 heavy (non-hydrogen) atoms. The van der Waals surface area contributed by atoms with Crippen molar-refractivity contribution in [3.63, 3.8) is 0 Å². The molecule has 0 N–H and O–H groups in total. The molecule has 0 radical (unpaired) electrons. The van der Waals surface area contributed by atoms with Crippen LogP contribution in [0.4, 0.5) is 0 Å². The summed E-state index contributed by atoms with van der Waals surface area (Å²) in [5.74, 6) is 1.23. The number of unbranched alkanes of at least 4 members (excludes halogenated alkanes) is 14. The number of benzene rings is 7. The van der Waals surface area contributed by atoms with Crippen LogP contribution in [-0.2, 0) is 36.5 Å². The number of nitriles is 2. The number of ether oxygens (including phenoxy) is 4. The van der Waals surface area contributed by atoms with E-state index in [1.54, 1.807) is 83.8 Å². The number of nitrogens with zero attached hydrogens (tertiary/aromatic N) is 4. The van der Waals surface area contributed by atoms with Gasteiger partial charge in [0, 0.05) is 84.2 Å². The van der Waals surface area contributed by atoms with Gasteiger partial charge in [0.15, 0.2) is 21.7 Å². The van der Waals surface area contributed by atoms with E-state index in [1.807, 2.05) is 47.0 Å². The molecule has 0 bridgehead atoms. The lowest BCUT2D eigenvalue weighted by Gasteiger charge is -2.35. The van der Waals surface area contributed by atoms with Crippen LogP contribution in [0.3, 0.4) is 0 Å². The maximum absolute atomic E-state index is 15.6. The van der Waals surface area contributed by atoms with E-state index in [0.717, 1.165) is 268 Å². The molecule has 16 heteroatoms. The van der Waals surface area contributed by atoms with Crippen molar-refractivity contribution in [3.05, 3.63) is 314 Å². The van der Waals surface area contributed by atoms with E-state index in [2.05, 4.69) is 211 Å². The molecule has 0 fully saturated rings. The Bertz CT molecular complexity index is 6360. The zero-order valence-corrected chi connectivity index (χ0v) is 85.3. The molecule has 0 spiro atoms. The third kappa shape index (κ3) is 18.4. The Labute approximate surface area is 828 Å². The zero-order chi connectivity index (χ0) is 94.7. The molecule has 2 unspecified atom stereocenters. The second kappa shape index (κ2) is 43.6. The molecule has 0 aliphatic heterocycles. The Morgan fingerprint density at radius 3 is 1.03 bits per heavy atom. The SMILES string of the molecule is [C-]#[N+]/C(C#N)=C1\C(=C\c2cc3c(s2)-c2sc4c(-c5ccc(OCC(CC)CCCC)s5)c5c6c(sc5c(-c5ccc(OCC(CC)CCCC)s5)c4c2C3(c2ccc(CCCCCC)cc2)c2ccc(CCCCCC)cc2)-c2sc(/C=C3\C(=O)c4cc(OC)ccc4\C3=C(\C#N)[N+]#[C-])cc2C6(c2ccc(CCCCCC)cc2)c2ccc(CCCCCC)cc2)C(=O)c2cc(OC)ccc21. The number of hydrogen-bond donors (Lipinski definition) is 0. The fourth-order valence-corrected chi connectivity index (χ4v) is 28.8. The van der Waals surface area contributed by atoms with Crippen LogP contribution in [0.15, 0.2) is 192 Å². The monoisotopic (exact) mass is 1910 g/mol. The Balaban J connectivity index is 1.05. The average molecular weight is 1910 g/mol. The van der Waals surface area contributed by atoms with Crippen molar-refractivity contribution in [3.8, 4) is 74.2 Å². The van der Waals surface area contributed by atoms with Crippen molar-refractivity contribution in [1.82, 2.24) is 0 Å². The van der Waals surface area contributed by atoms with Crippen molar-refractivity contribution < 1.29 is 28.5 Å². The van der Waals surface area contributed by atoms with Crippen LogP contribution >= 0.6 is 68.0 Å². The summed E-state index contributed by atoms with van der Waals surface area (Å²) in [6, 6.07) is 67.6. The van der Waals surface area contributed by atoms with Gasteiger partial charge in [0.25, 0.3) is 11.4 Å². The maximum Gasteiger partial charge on any atom is 0.270 e. The number of rotatable bonds is 44. The van der Waals surface area contributed by atoms with Crippen LogP contribution < -0.4 is 18.9 Å². The lowest BCUT2D eigenvalue weighted by atomic mass is 9.66. The van der Waals surface area contributed by atoms with E-state index >= 15 is 9.59 Å². The summed E-state index contributed by atoms with van der Waals surface area (Å²) in [5, 5.41) is 25.9. The van der Waals surface area contributed by atoms with E-state index < -0.39 is 10.8 Å². The fraction of sp³-hybridized carbons (Fsp3) is 0.367. The fourth-order valence-electron chi connectivity index (χ4n) is 21.3. The van der Waals surface area contributed by atoms with Crippen LogP contribution in [0.5, 0.6) is 21.6 Å². The summed E-state index contributed by atoms with van der Waals surface area (Å²) in [5.41, 5.74) is 17.2. The molecule has 4 aliphatic carbocycles. The van der Waals surface area contributed by atoms with Crippen LogP contribution in [0.25, 0.3) is 93.6 Å². The van der Waals surface area contributed by atoms with E-state index in [0.29, 0.717) is 81.1 Å². The molecular weight excluding hydrogens is 1790 g/mol. The number of fused-ring (bicyclic) bond motifs is 12. The first-order chi connectivity index (χ1) is 66.6. The number of methoxy groups -OCH3 is 2. The van der Waals surface area contributed by atoms with E-state index in [1.165, 1.54) is 59.1 Å². The van der Waals surface area contributed by atoms with Gasteiger partial charge in [-0.05, 0) is 227 Å². The molecule has 4 aliphatic rings. The molecule has 10 nitrogen and oxygen atoms in total. The van der Waals surface area contributed by atoms with Gasteiger partial charge in [-0.3, -0.25) is 9.59 Å². The molecule has 0 saturated carbocycles. The number of Topliss-reactive ketones (excluding diaryl/α,β-unsaturated/α-hetero) is 2. The minimum absolute atomic E-state index is 0.147. The molecule has 0 saturated heterocycles. The van der Waals surface area contributed by atoms with Crippen molar-refractivity contribution in [2.45, 2.75) is 246 Å². The number of allylic oxidation sites excluding steroid dienone is 6. The lowest BCUT2D eigenvalue weighted by molar-refractivity contribution is 0.103. The predicted molar refractivity (Wildman–Crippen MR) is 572 cm³/mol. The topological polar surface area (TPSA) is 127 Å². The molecule has 13 aromatic rings. The largest absolute Gasteiger partial charge is 0.497 e. The molecule has 2 atom stereocenters. The Hall–Kier alpha value is -11.3. The molecule has 0 amide bonds. The summed E-state index contributed by atoms with van der Waals surface area (Å²) < 4.78 is 28.3. The molecule has 17 rings (SSSR count). The van der Waals surface area contributed by atoms with E-state index in [-0.39, 0.29) is 23.0 Å². The number of ketones is 2. The Morgan fingerprint density at radius 2 is 0.728 bits per heavy atom. The van der Waals surface area contributed by atoms with Gasteiger partial charge in [0.2, 0.25) is 0 Å². The summed E-state index contributed by atoms with van der Waals surface area (Å²) >= 11 is 10.6. The molecule has 6 aromatic heterocycles. The second-order valence-electron chi connectivity index (χ2n) is 37.3. The van der Waals surface area contributed by atoms with Gasteiger partial charge < -0.3 is 18.9 Å². The number of aryl methyl sites for hydroxylation is 4. The summed E-state index contributed by atoms with van der Waals surface area (Å²) in [4.78, 5) is 47.1. The normalized spacial score (nSPS) is 15.4. The molecule has 694 valence electrons. The standard InChI is InChI=1S/C120H122N4O6S6/c1-13-21-27-31-37-77-41-49-81(50-42-77)119(82-51-43-78(44-52-82)38-32-28-22-14-2)95-69-87(67-93-103(97(71-121)123-9)89-59-57-85(127-11)65-91(89)111(93)125)131-113(95)117-109(119)107-105(99-61-63-101(133-99)129-73-75(19-7)35-25-17-5)116-108(106(115(107)135-117)100-62-64-102(134-100)130-74-76(20-8)36-26-18-6)110-118(136-116)114-96(70-88(132-114)68-94-104(98(72-122)124-10)90-60-58-86(128-12)66-92(90)112(94)126)120(110,83-53-45-79(46-54-83)39-33-29-23-15-3)84-55-47-80(48-56-84)40-34-30-24-16-4/h41-70,75-76H,13-40,73-74H2,1-8,11-12H3/b93-67-,94-68-,103-97-,104-98+. The third-order valence-corrected chi connectivity index (χ3v) is 35.7. The average Bonchev–Trinajstić information content (AvgIpc) is 1.48. The highest BCUT2D eigenvalue weighted by Gasteiger charge is 2.55. The van der Waals surface area contributed by atoms with Gasteiger partial charge >= 0.3 is 0 Å². The number of carbonyl (C=O) groups excluding carboxylic acids is 2. The van der Waals surface area contributed by atoms with Gasteiger partial charge in [0.1, 0.15) is 11.5 Å². The van der Waals surface area contributed by atoms with Crippen molar-refractivity contribution in [2.75, 3.05) is 27.4 Å². The second-order valence-corrected chi connectivity index (χ2v) is 43.6. The number of thiophene rings is 6. The number of hydrogen-bond acceptors (Lipinski definition) is 14. The van der Waals surface area contributed by atoms with Crippen LogP contribution in [-0.4, -0.2) is 39.0 Å². The van der Waals surface area contributed by atoms with Crippen LogP contribution in [0, 0.1) is 47.6 Å². The quantitative estimate of drug-likeness (QED) is 0.0160. The minimum Gasteiger partial charge on any atom is -0.497 e. The molecule has 7 aromatic carbocycles. The maximum atomic E-state index is 15.6. The first-order valence-corrected chi connectivity index (χ1v) is 54.7. The summed E-state index contributed by atoms with van der Waals surface area (Å²) in [6.45, 7) is 36.5. The van der Waals surface area contributed by atoms with E-state index in [4.69, 9.17) is 32.1 Å². The third-order valence-electron chi connectivity index (χ3n) is 28.7. The lowest BCUT2D eigenvalue weighted by Crippen LogP contribution is -2.29. The highest BCUT2D eigenvalue weighted by Crippen LogP contribution is 2.71. The first-order valence-electron chi connectivity index (χ1n) is 49.8. The van der Waals surface area contributed by atoms with Gasteiger partial charge in [-0.25, -0.2) is 20.2 Å².